The molecule has 0 radical (unpaired) electrons. The van der Waals surface area contributed by atoms with Gasteiger partial charge in [0.15, 0.2) is 0 Å². The number of aromatic nitrogens is 6. The Morgan fingerprint density at radius 2 is 0.719 bits per heavy atom. The van der Waals surface area contributed by atoms with Gasteiger partial charge in [-0.25, -0.2) is 51.8 Å². The molecule has 0 N–H and O–H groups in total. The highest BCUT2D eigenvalue weighted by Crippen LogP contribution is 1.84. The van der Waals surface area contributed by atoms with Crippen LogP contribution in [0.5, 0.6) is 0 Å². The van der Waals surface area contributed by atoms with Gasteiger partial charge in [0.1, 0.15) is 0 Å². The molecule has 0 aliphatic carbocycles. The summed E-state index contributed by atoms with van der Waals surface area (Å²) in [7, 11) is 0. The normalized spacial score (nSPS) is 10.5. The van der Waals surface area contributed by atoms with Crippen molar-refractivity contribution < 1.29 is 4.79 Å². The summed E-state index contributed by atoms with van der Waals surface area (Å²) >= 11 is 0. The molecule has 2 aromatic heterocycles. The smallest absolute Gasteiger partial charge is 0.247 e. The quantitative estimate of drug-likeness (QED) is 0.424. The van der Waals surface area contributed by atoms with E-state index in [-0.39, 0.29) is 35.3 Å². The molecule has 0 saturated heterocycles. The van der Waals surface area contributed by atoms with E-state index in [1.165, 1.54) is 24.3 Å². The van der Waals surface area contributed by atoms with Crippen molar-refractivity contribution in [3.05, 3.63) is 114 Å². The molecule has 0 saturated carbocycles. The molecule has 0 amide bonds. The Kier molecular flexibility index (Phi) is 7.05. The van der Waals surface area contributed by atoms with Crippen LogP contribution in [-0.2, 0) is 26.2 Å². The van der Waals surface area contributed by atoms with Crippen molar-refractivity contribution in [2.24, 2.45) is 0 Å². The molecular weight excluding hydrogens is 424 g/mol. The molecular formula is C19H20N6O7. The first-order valence-electron chi connectivity index (χ1n) is 9.09. The zero-order valence-electron chi connectivity index (χ0n) is 17.0. The average Bonchev–Trinajstić information content (AvgIpc) is 2.75. The van der Waals surface area contributed by atoms with Crippen LogP contribution in [0, 0.1) is 0 Å². The molecule has 0 spiro atoms. The monoisotopic (exact) mass is 444 g/mol. The number of hydrogen-bond donors (Lipinski definition) is 0. The van der Waals surface area contributed by atoms with Gasteiger partial charge in [-0.1, -0.05) is 24.3 Å². The zero-order chi connectivity index (χ0) is 24.2. The van der Waals surface area contributed by atoms with Crippen LogP contribution in [0.4, 0.5) is 4.79 Å². The minimum absolute atomic E-state index is 0.0435. The second-order valence-electron chi connectivity index (χ2n) is 6.25. The van der Waals surface area contributed by atoms with Gasteiger partial charge in [-0.05, 0) is 0 Å². The van der Waals surface area contributed by atoms with Crippen molar-refractivity contribution in [1.29, 1.82) is 0 Å². The third-order valence-electron chi connectivity index (χ3n) is 4.24. The van der Waals surface area contributed by atoms with E-state index in [4.69, 9.17) is 0 Å². The third-order valence-corrected chi connectivity index (χ3v) is 4.24. The van der Waals surface area contributed by atoms with Crippen LogP contribution in [-0.4, -0.2) is 33.4 Å². The first-order chi connectivity index (χ1) is 15.2. The van der Waals surface area contributed by atoms with Crippen molar-refractivity contribution in [3.8, 4) is 0 Å². The lowest BCUT2D eigenvalue weighted by Gasteiger charge is -2.14. The molecule has 0 atom stereocenters. The van der Waals surface area contributed by atoms with Crippen LogP contribution in [0.3, 0.4) is 0 Å². The maximum atomic E-state index is 13.1. The summed E-state index contributed by atoms with van der Waals surface area (Å²) in [6.07, 6.45) is 4.70. The Balaban J connectivity index is 3.07. The van der Waals surface area contributed by atoms with E-state index in [0.29, 0.717) is 18.3 Å². The Bertz CT molecular complexity index is 1280. The summed E-state index contributed by atoms with van der Waals surface area (Å²) in [4.78, 5) is 89.2. The highest BCUT2D eigenvalue weighted by molar-refractivity contribution is 5.78. The topological polar surface area (TPSA) is 149 Å². The average molecular weight is 444 g/mol. The fraction of sp³-hybridized carbons (Fsp3) is 0.211. The van der Waals surface area contributed by atoms with Crippen LogP contribution < -0.4 is 34.1 Å². The predicted octanol–water partition coefficient (Wildman–Crippen LogP) is -2.08. The van der Waals surface area contributed by atoms with E-state index in [0.717, 1.165) is 0 Å². The summed E-state index contributed by atoms with van der Waals surface area (Å²) in [6, 6.07) is -1.67. The summed E-state index contributed by atoms with van der Waals surface area (Å²) < 4.78 is 1.98. The van der Waals surface area contributed by atoms with Crippen LogP contribution in [0.2, 0.25) is 0 Å². The third kappa shape index (κ3) is 3.78. The van der Waals surface area contributed by atoms with Gasteiger partial charge in [0.05, 0.1) is 26.2 Å². The van der Waals surface area contributed by atoms with Gasteiger partial charge >= 0.3 is 40.2 Å². The van der Waals surface area contributed by atoms with Crippen LogP contribution in [0.15, 0.2) is 79.4 Å². The van der Waals surface area contributed by atoms with Crippen molar-refractivity contribution in [2.75, 3.05) is 0 Å². The van der Waals surface area contributed by atoms with Gasteiger partial charge in [0.25, 0.3) is 0 Å². The zero-order valence-corrected chi connectivity index (χ0v) is 17.0. The number of carbonyl (C=O) groups excluding carboxylic acids is 1. The van der Waals surface area contributed by atoms with Crippen LogP contribution in [0.1, 0.15) is 0 Å². The molecule has 13 heteroatoms. The number of nitrogens with zero attached hydrogens (tertiary/aromatic N) is 6. The van der Waals surface area contributed by atoms with Gasteiger partial charge in [0.2, 0.25) is 0 Å². The maximum Gasteiger partial charge on any atom is 0.353 e. The van der Waals surface area contributed by atoms with Gasteiger partial charge < -0.3 is 0 Å². The molecule has 2 rings (SSSR count). The van der Waals surface area contributed by atoms with E-state index in [9.17, 15) is 33.6 Å². The minimum atomic E-state index is -1.67. The molecule has 0 aliphatic rings. The molecule has 13 nitrogen and oxygen atoms in total. The van der Waals surface area contributed by atoms with Crippen LogP contribution in [0.25, 0.3) is 0 Å². The fourth-order valence-electron chi connectivity index (χ4n) is 2.83. The lowest BCUT2D eigenvalue weighted by molar-refractivity contribution is 0.236. The molecule has 2 aromatic rings. The first-order valence-corrected chi connectivity index (χ1v) is 9.09. The number of allylic oxidation sites excluding steroid dienone is 4. The summed E-state index contributed by atoms with van der Waals surface area (Å²) in [5.41, 5.74) is -7.67. The summed E-state index contributed by atoms with van der Waals surface area (Å²) in [5.74, 6) is 0. The van der Waals surface area contributed by atoms with Crippen molar-refractivity contribution in [1.82, 2.24) is 27.4 Å². The summed E-state index contributed by atoms with van der Waals surface area (Å²) in [5, 5.41) is 0. The highest BCUT2D eigenvalue weighted by atomic mass is 16.2. The van der Waals surface area contributed by atoms with Crippen molar-refractivity contribution >= 4 is 6.03 Å². The van der Waals surface area contributed by atoms with E-state index < -0.39 is 40.2 Å². The minimum Gasteiger partial charge on any atom is -0.247 e. The summed E-state index contributed by atoms with van der Waals surface area (Å²) in [6.45, 7) is 12.2. The molecule has 0 fully saturated rings. The standard InChI is InChI=1S/C19H20N6O7/c1-5-9-20-13(26)21(10-6-2)16(29)24(15(20)28)19(32)25-17(30)22(11-7-3)14(27)23(12-8-4)18(25)31/h5-8H,1-4,9-12H2. The van der Waals surface area contributed by atoms with Crippen molar-refractivity contribution in [2.45, 2.75) is 26.2 Å². The molecule has 2 heterocycles. The van der Waals surface area contributed by atoms with Crippen LogP contribution >= 0.6 is 0 Å². The van der Waals surface area contributed by atoms with Crippen molar-refractivity contribution in [3.63, 3.8) is 0 Å². The highest BCUT2D eigenvalue weighted by Gasteiger charge is 2.26. The lowest BCUT2D eigenvalue weighted by Crippen LogP contribution is -2.62. The fourth-order valence-corrected chi connectivity index (χ4v) is 2.83. The molecule has 168 valence electrons. The Morgan fingerprint density at radius 3 is 0.906 bits per heavy atom. The SMILES string of the molecule is C=CCn1c(=O)n(CC=C)c(=O)n(C(=O)n2c(=O)n(CC=C)c(=O)n(CC=C)c2=O)c1=O. The lowest BCUT2D eigenvalue weighted by atomic mass is 10.5. The number of hydrogen-bond acceptors (Lipinski definition) is 7. The number of rotatable bonds is 8. The van der Waals surface area contributed by atoms with Gasteiger partial charge in [-0.3, -0.25) is 0 Å². The number of carbonyl (C=O) groups is 1. The molecule has 0 bridgehead atoms. The van der Waals surface area contributed by atoms with E-state index in [2.05, 4.69) is 26.3 Å². The van der Waals surface area contributed by atoms with Gasteiger partial charge in [-0.2, -0.15) is 9.13 Å². The van der Waals surface area contributed by atoms with E-state index >= 15 is 0 Å². The Hall–Kier alpha value is -4.55. The molecule has 0 aliphatic heterocycles. The van der Waals surface area contributed by atoms with E-state index in [1.807, 2.05) is 0 Å². The second-order valence-corrected chi connectivity index (χ2v) is 6.25. The predicted molar refractivity (Wildman–Crippen MR) is 115 cm³/mol. The Morgan fingerprint density at radius 1 is 0.500 bits per heavy atom. The largest absolute Gasteiger partial charge is 0.353 e. The maximum absolute atomic E-state index is 13.1. The second kappa shape index (κ2) is 9.51. The van der Waals surface area contributed by atoms with E-state index in [1.54, 1.807) is 0 Å². The molecule has 32 heavy (non-hydrogen) atoms. The Labute approximate surface area is 178 Å². The molecule has 0 unspecified atom stereocenters. The first kappa shape index (κ1) is 23.7. The molecule has 0 aromatic carbocycles. The van der Waals surface area contributed by atoms with Gasteiger partial charge in [-0.15, -0.1) is 26.3 Å². The van der Waals surface area contributed by atoms with Gasteiger partial charge in [0, 0.05) is 0 Å².